The third-order valence-electron chi connectivity index (χ3n) is 4.02. The first kappa shape index (κ1) is 18.2. The van der Waals surface area contributed by atoms with Crippen molar-refractivity contribution < 1.29 is 9.90 Å². The molecule has 0 fully saturated rings. The minimum atomic E-state index is -0.954. The van der Waals surface area contributed by atoms with Gasteiger partial charge in [-0.05, 0) is 41.5 Å². The van der Waals surface area contributed by atoms with Crippen LogP contribution in [0.15, 0.2) is 71.2 Å². The average molecular weight is 409 g/mol. The van der Waals surface area contributed by atoms with E-state index in [0.717, 1.165) is 26.2 Å². The van der Waals surface area contributed by atoms with Gasteiger partial charge in [0.25, 0.3) is 0 Å². The molecule has 0 saturated carbocycles. The number of halogens is 1. The molecule has 2 aromatic heterocycles. The van der Waals surface area contributed by atoms with Crippen molar-refractivity contribution in [3.63, 3.8) is 0 Å². The molecule has 0 saturated heterocycles. The van der Waals surface area contributed by atoms with Gasteiger partial charge in [-0.25, -0.2) is 14.8 Å². The number of carbonyl (C=O) groups is 1. The number of hydrogen-bond donors (Lipinski definition) is 1. The zero-order chi connectivity index (χ0) is 19.5. The number of rotatable bonds is 5. The van der Waals surface area contributed by atoms with Gasteiger partial charge in [0, 0.05) is 9.90 Å². The second kappa shape index (κ2) is 7.84. The lowest BCUT2D eigenvalue weighted by Gasteiger charge is -1.98. The Morgan fingerprint density at radius 1 is 1.11 bits per heavy atom. The highest BCUT2D eigenvalue weighted by atomic mass is 35.5. The van der Waals surface area contributed by atoms with E-state index >= 15 is 0 Å². The van der Waals surface area contributed by atoms with Gasteiger partial charge in [-0.15, -0.1) is 16.5 Å². The van der Waals surface area contributed by atoms with Crippen LogP contribution in [0.3, 0.4) is 0 Å². The molecule has 0 amide bonds. The standard InChI is InChI=1S/C20H13ClN4O2S/c21-15-3-1-2-14(8-15)17-9-16-18(28-17)19(23-11-22-16)25-24-10-12-4-6-13(7-5-12)20(26)27/h1-9,11H,10H2,(H,26,27). The predicted molar refractivity (Wildman–Crippen MR) is 109 cm³/mol. The monoisotopic (exact) mass is 408 g/mol. The lowest BCUT2D eigenvalue weighted by atomic mass is 10.1. The van der Waals surface area contributed by atoms with Crippen molar-refractivity contribution in [1.29, 1.82) is 0 Å². The maximum Gasteiger partial charge on any atom is 0.335 e. The molecular weight excluding hydrogens is 396 g/mol. The van der Waals surface area contributed by atoms with E-state index in [0.29, 0.717) is 17.4 Å². The molecule has 0 aliphatic rings. The van der Waals surface area contributed by atoms with Crippen LogP contribution >= 0.6 is 22.9 Å². The molecule has 0 aliphatic heterocycles. The quantitative estimate of drug-likeness (QED) is 0.410. The molecule has 28 heavy (non-hydrogen) atoms. The second-order valence-electron chi connectivity index (χ2n) is 5.93. The van der Waals surface area contributed by atoms with Crippen molar-refractivity contribution in [1.82, 2.24) is 9.97 Å². The van der Waals surface area contributed by atoms with E-state index in [1.54, 1.807) is 24.3 Å². The first-order valence-corrected chi connectivity index (χ1v) is 9.50. The number of aromatic nitrogens is 2. The summed E-state index contributed by atoms with van der Waals surface area (Å²) in [5.74, 6) is -0.449. The van der Waals surface area contributed by atoms with Gasteiger partial charge in [0.05, 0.1) is 22.3 Å². The van der Waals surface area contributed by atoms with E-state index in [2.05, 4.69) is 20.2 Å². The van der Waals surface area contributed by atoms with E-state index in [-0.39, 0.29) is 5.56 Å². The molecule has 0 atom stereocenters. The fourth-order valence-electron chi connectivity index (χ4n) is 2.63. The Hall–Kier alpha value is -3.16. The molecule has 2 aromatic carbocycles. The number of thiophene rings is 1. The summed E-state index contributed by atoms with van der Waals surface area (Å²) >= 11 is 7.62. The Balaban J connectivity index is 1.58. The highest BCUT2D eigenvalue weighted by molar-refractivity contribution is 7.22. The highest BCUT2D eigenvalue weighted by Crippen LogP contribution is 2.37. The van der Waals surface area contributed by atoms with Crippen molar-refractivity contribution in [2.24, 2.45) is 10.2 Å². The second-order valence-corrected chi connectivity index (χ2v) is 7.42. The summed E-state index contributed by atoms with van der Waals surface area (Å²) in [7, 11) is 0. The molecule has 8 heteroatoms. The van der Waals surface area contributed by atoms with E-state index in [1.165, 1.54) is 17.7 Å². The number of carboxylic acid groups (broad SMARTS) is 1. The molecule has 4 aromatic rings. The fraction of sp³-hybridized carbons (Fsp3) is 0.0500. The maximum atomic E-state index is 10.9. The molecule has 4 rings (SSSR count). The SMILES string of the molecule is O=C(O)c1ccc(CN=Nc2ncnc3cc(-c4cccc(Cl)c4)sc23)cc1. The number of aromatic carboxylic acids is 1. The summed E-state index contributed by atoms with van der Waals surface area (Å²) in [5.41, 5.74) is 2.92. The minimum Gasteiger partial charge on any atom is -0.478 e. The summed E-state index contributed by atoms with van der Waals surface area (Å²) in [6.45, 7) is 0.331. The van der Waals surface area contributed by atoms with Crippen LogP contribution in [0.1, 0.15) is 15.9 Å². The van der Waals surface area contributed by atoms with Crippen LogP contribution in [0, 0.1) is 0 Å². The summed E-state index contributed by atoms with van der Waals surface area (Å²) in [6.07, 6.45) is 1.47. The van der Waals surface area contributed by atoms with Gasteiger partial charge in [0.15, 0.2) is 5.82 Å². The molecule has 0 unspecified atom stereocenters. The number of hydrogen-bond acceptors (Lipinski definition) is 6. The summed E-state index contributed by atoms with van der Waals surface area (Å²) in [5, 5.41) is 18.1. The normalized spacial score (nSPS) is 11.3. The van der Waals surface area contributed by atoms with Crippen LogP contribution in [0.2, 0.25) is 5.02 Å². The molecule has 1 N–H and O–H groups in total. The van der Waals surface area contributed by atoms with Crippen LogP contribution in [-0.4, -0.2) is 21.0 Å². The molecule has 0 spiro atoms. The van der Waals surface area contributed by atoms with Crippen LogP contribution in [0.4, 0.5) is 5.82 Å². The van der Waals surface area contributed by atoms with Crippen molar-refractivity contribution in [2.45, 2.75) is 6.54 Å². The molecule has 0 bridgehead atoms. The maximum absolute atomic E-state index is 10.9. The summed E-state index contributed by atoms with van der Waals surface area (Å²) < 4.78 is 0.849. The molecular formula is C20H13ClN4O2S. The third-order valence-corrected chi connectivity index (χ3v) is 5.43. The Morgan fingerprint density at radius 2 is 1.93 bits per heavy atom. The van der Waals surface area contributed by atoms with Gasteiger partial charge in [-0.1, -0.05) is 35.9 Å². The van der Waals surface area contributed by atoms with Gasteiger partial charge in [0.1, 0.15) is 6.33 Å². The molecule has 2 heterocycles. The van der Waals surface area contributed by atoms with Crippen molar-refractivity contribution >= 4 is 44.9 Å². The average Bonchev–Trinajstić information content (AvgIpc) is 3.14. The number of carboxylic acids is 1. The Labute approximate surface area is 169 Å². The van der Waals surface area contributed by atoms with Crippen molar-refractivity contribution in [3.8, 4) is 10.4 Å². The summed E-state index contributed by atoms with van der Waals surface area (Å²) in [4.78, 5) is 20.5. The van der Waals surface area contributed by atoms with E-state index in [1.807, 2.05) is 30.3 Å². The van der Waals surface area contributed by atoms with Gasteiger partial charge < -0.3 is 5.11 Å². The van der Waals surface area contributed by atoms with Crippen LogP contribution in [0.5, 0.6) is 0 Å². The number of fused-ring (bicyclic) bond motifs is 1. The molecule has 0 aliphatic carbocycles. The first-order valence-electron chi connectivity index (χ1n) is 8.30. The summed E-state index contributed by atoms with van der Waals surface area (Å²) in [6, 6.07) is 16.2. The Kier molecular flexibility index (Phi) is 5.10. The van der Waals surface area contributed by atoms with Gasteiger partial charge >= 0.3 is 5.97 Å². The Bertz CT molecular complexity index is 1190. The number of azo groups is 1. The van der Waals surface area contributed by atoms with Gasteiger partial charge in [-0.3, -0.25) is 0 Å². The highest BCUT2D eigenvalue weighted by Gasteiger charge is 2.10. The number of nitrogens with zero attached hydrogens (tertiary/aromatic N) is 4. The first-order chi connectivity index (χ1) is 13.6. The van der Waals surface area contributed by atoms with Crippen LogP contribution in [0.25, 0.3) is 20.7 Å². The third kappa shape index (κ3) is 3.90. The predicted octanol–water partition coefficient (Wildman–Crippen LogP) is 5.99. The zero-order valence-electron chi connectivity index (χ0n) is 14.4. The lowest BCUT2D eigenvalue weighted by Crippen LogP contribution is -1.95. The largest absolute Gasteiger partial charge is 0.478 e. The topological polar surface area (TPSA) is 87.8 Å². The fourth-order valence-corrected chi connectivity index (χ4v) is 3.86. The minimum absolute atomic E-state index is 0.241. The van der Waals surface area contributed by atoms with Gasteiger partial charge in [0.2, 0.25) is 0 Å². The van der Waals surface area contributed by atoms with Crippen molar-refractivity contribution in [2.75, 3.05) is 0 Å². The van der Waals surface area contributed by atoms with Crippen molar-refractivity contribution in [3.05, 3.63) is 77.1 Å². The van der Waals surface area contributed by atoms with Crippen LogP contribution in [-0.2, 0) is 6.54 Å². The smallest absolute Gasteiger partial charge is 0.335 e. The Morgan fingerprint density at radius 3 is 2.68 bits per heavy atom. The molecule has 138 valence electrons. The zero-order valence-corrected chi connectivity index (χ0v) is 16.0. The molecule has 6 nitrogen and oxygen atoms in total. The van der Waals surface area contributed by atoms with Crippen LogP contribution < -0.4 is 0 Å². The lowest BCUT2D eigenvalue weighted by molar-refractivity contribution is 0.0697. The molecule has 0 radical (unpaired) electrons. The number of benzene rings is 2. The van der Waals surface area contributed by atoms with Gasteiger partial charge in [-0.2, -0.15) is 5.11 Å². The van der Waals surface area contributed by atoms with E-state index < -0.39 is 5.97 Å². The van der Waals surface area contributed by atoms with E-state index in [4.69, 9.17) is 16.7 Å². The van der Waals surface area contributed by atoms with E-state index in [9.17, 15) is 4.79 Å².